The maximum absolute atomic E-state index is 12.0. The first-order valence-electron chi connectivity index (χ1n) is 6.32. The predicted octanol–water partition coefficient (Wildman–Crippen LogP) is -0.0288. The molecule has 2 atom stereocenters. The molecule has 0 saturated carbocycles. The van der Waals surface area contributed by atoms with Crippen LogP contribution in [0.15, 0.2) is 0 Å². The number of rotatable bonds is 6. The molecule has 0 bridgehead atoms. The van der Waals surface area contributed by atoms with Gasteiger partial charge in [0.1, 0.15) is 0 Å². The summed E-state index contributed by atoms with van der Waals surface area (Å²) in [6.45, 7) is 2.16. The second-order valence-electron chi connectivity index (χ2n) is 4.66. The molecule has 1 saturated heterocycles. The quantitative estimate of drug-likeness (QED) is 0.688. The van der Waals surface area contributed by atoms with Gasteiger partial charge in [-0.3, -0.25) is 4.79 Å². The molecule has 0 aliphatic carbocycles. The number of nitrogens with zero attached hydrogens (tertiary/aromatic N) is 1. The van der Waals surface area contributed by atoms with Crippen molar-refractivity contribution < 1.29 is 14.6 Å². The summed E-state index contributed by atoms with van der Waals surface area (Å²) >= 11 is 0. The second kappa shape index (κ2) is 7.63. The van der Waals surface area contributed by atoms with Gasteiger partial charge in [0, 0.05) is 33.4 Å². The molecule has 3 N–H and O–H groups in total. The highest BCUT2D eigenvalue weighted by molar-refractivity contribution is 5.76. The van der Waals surface area contributed by atoms with E-state index in [9.17, 15) is 4.79 Å². The molecule has 1 aliphatic heterocycles. The molecule has 0 aromatic carbocycles. The number of amides is 1. The Hall–Kier alpha value is -0.650. The van der Waals surface area contributed by atoms with Crippen LogP contribution in [0.1, 0.15) is 25.7 Å². The van der Waals surface area contributed by atoms with Gasteiger partial charge in [0.05, 0.1) is 12.5 Å². The summed E-state index contributed by atoms with van der Waals surface area (Å²) in [6.07, 6.45) is 3.10. The van der Waals surface area contributed by atoms with Gasteiger partial charge in [-0.05, 0) is 25.2 Å². The first kappa shape index (κ1) is 14.4. The molecule has 5 nitrogen and oxygen atoms in total. The maximum atomic E-state index is 12.0. The predicted molar refractivity (Wildman–Crippen MR) is 65.5 cm³/mol. The third kappa shape index (κ3) is 4.61. The Morgan fingerprint density at radius 2 is 2.41 bits per heavy atom. The number of likely N-dealkylation sites (tertiary alicyclic amines) is 1. The molecule has 100 valence electrons. The van der Waals surface area contributed by atoms with E-state index in [0.29, 0.717) is 18.9 Å². The lowest BCUT2D eigenvalue weighted by atomic mass is 9.95. The van der Waals surface area contributed by atoms with E-state index in [1.807, 2.05) is 4.90 Å². The summed E-state index contributed by atoms with van der Waals surface area (Å²) < 4.78 is 5.12. The van der Waals surface area contributed by atoms with Gasteiger partial charge in [-0.2, -0.15) is 0 Å². The largest absolute Gasteiger partial charge is 0.396 e. The Kier molecular flexibility index (Phi) is 6.47. The SMILES string of the molecule is COC(CN)CC(=O)N1CCCC(CCO)C1. The highest BCUT2D eigenvalue weighted by atomic mass is 16.5. The number of methoxy groups -OCH3 is 1. The molecule has 5 heteroatoms. The first-order chi connectivity index (χ1) is 8.21. The smallest absolute Gasteiger partial charge is 0.225 e. The van der Waals surface area contributed by atoms with Crippen molar-refractivity contribution in [1.29, 1.82) is 0 Å². The Labute approximate surface area is 103 Å². The minimum Gasteiger partial charge on any atom is -0.396 e. The van der Waals surface area contributed by atoms with E-state index < -0.39 is 0 Å². The van der Waals surface area contributed by atoms with Gasteiger partial charge < -0.3 is 20.5 Å². The van der Waals surface area contributed by atoms with Crippen LogP contribution in [-0.2, 0) is 9.53 Å². The number of ether oxygens (including phenoxy) is 1. The van der Waals surface area contributed by atoms with Gasteiger partial charge >= 0.3 is 0 Å². The van der Waals surface area contributed by atoms with Crippen molar-refractivity contribution in [3.63, 3.8) is 0 Å². The van der Waals surface area contributed by atoms with Crippen molar-refractivity contribution in [2.24, 2.45) is 11.7 Å². The van der Waals surface area contributed by atoms with Crippen molar-refractivity contribution in [3.05, 3.63) is 0 Å². The Bertz CT molecular complexity index is 230. The van der Waals surface area contributed by atoms with Crippen molar-refractivity contribution >= 4 is 5.91 Å². The fraction of sp³-hybridized carbons (Fsp3) is 0.917. The normalized spacial score (nSPS) is 22.5. The minimum absolute atomic E-state index is 0.116. The monoisotopic (exact) mass is 244 g/mol. The van der Waals surface area contributed by atoms with Crippen LogP contribution in [0.5, 0.6) is 0 Å². The van der Waals surface area contributed by atoms with Crippen LogP contribution in [-0.4, -0.2) is 55.4 Å². The lowest BCUT2D eigenvalue weighted by Crippen LogP contribution is -2.42. The zero-order valence-corrected chi connectivity index (χ0v) is 10.6. The van der Waals surface area contributed by atoms with Crippen LogP contribution in [0.3, 0.4) is 0 Å². The standard InChI is InChI=1S/C12H24N2O3/c1-17-11(8-13)7-12(16)14-5-2-3-10(9-14)4-6-15/h10-11,15H,2-9,13H2,1H3. The van der Waals surface area contributed by atoms with E-state index in [1.54, 1.807) is 7.11 Å². The van der Waals surface area contributed by atoms with E-state index in [2.05, 4.69) is 0 Å². The summed E-state index contributed by atoms with van der Waals surface area (Å²) in [7, 11) is 1.58. The van der Waals surface area contributed by atoms with Crippen LogP contribution >= 0.6 is 0 Å². The highest BCUT2D eigenvalue weighted by Gasteiger charge is 2.24. The topological polar surface area (TPSA) is 75.8 Å². The molecule has 1 aliphatic rings. The second-order valence-corrected chi connectivity index (χ2v) is 4.66. The van der Waals surface area contributed by atoms with Crippen molar-refractivity contribution in [3.8, 4) is 0 Å². The molecular weight excluding hydrogens is 220 g/mol. The van der Waals surface area contributed by atoms with Crippen LogP contribution in [0.2, 0.25) is 0 Å². The first-order valence-corrected chi connectivity index (χ1v) is 6.32. The fourth-order valence-electron chi connectivity index (χ4n) is 2.30. The van der Waals surface area contributed by atoms with Gasteiger partial charge in [0.2, 0.25) is 5.91 Å². The fourth-order valence-corrected chi connectivity index (χ4v) is 2.30. The van der Waals surface area contributed by atoms with Gasteiger partial charge in [0.15, 0.2) is 0 Å². The third-order valence-corrected chi connectivity index (χ3v) is 3.41. The molecule has 2 unspecified atom stereocenters. The van der Waals surface area contributed by atoms with E-state index in [1.165, 1.54) is 0 Å². The molecule has 17 heavy (non-hydrogen) atoms. The number of aliphatic hydroxyl groups excluding tert-OH is 1. The number of hydrogen-bond donors (Lipinski definition) is 2. The minimum atomic E-state index is -0.180. The van der Waals surface area contributed by atoms with Gasteiger partial charge in [-0.15, -0.1) is 0 Å². The van der Waals surface area contributed by atoms with Gasteiger partial charge in [-0.25, -0.2) is 0 Å². The van der Waals surface area contributed by atoms with Crippen LogP contribution in [0, 0.1) is 5.92 Å². The molecule has 1 heterocycles. The summed E-state index contributed by atoms with van der Waals surface area (Å²) in [5.74, 6) is 0.557. The average molecular weight is 244 g/mol. The average Bonchev–Trinajstić information content (AvgIpc) is 2.36. The van der Waals surface area contributed by atoms with Crippen LogP contribution in [0.25, 0.3) is 0 Å². The number of carbonyl (C=O) groups excluding carboxylic acids is 1. The summed E-state index contributed by atoms with van der Waals surface area (Å²) in [4.78, 5) is 13.9. The number of carbonyl (C=O) groups is 1. The van der Waals surface area contributed by atoms with Crippen molar-refractivity contribution in [2.45, 2.75) is 31.8 Å². The lowest BCUT2D eigenvalue weighted by molar-refractivity contribution is -0.135. The third-order valence-electron chi connectivity index (χ3n) is 3.41. The Morgan fingerprint density at radius 1 is 1.65 bits per heavy atom. The zero-order chi connectivity index (χ0) is 12.7. The summed E-state index contributed by atoms with van der Waals surface area (Å²) in [6, 6.07) is 0. The molecule has 0 aromatic heterocycles. The highest BCUT2D eigenvalue weighted by Crippen LogP contribution is 2.20. The summed E-state index contributed by atoms with van der Waals surface area (Å²) in [5.41, 5.74) is 5.51. The summed E-state index contributed by atoms with van der Waals surface area (Å²) in [5, 5.41) is 8.92. The lowest BCUT2D eigenvalue weighted by Gasteiger charge is -2.33. The molecule has 1 rings (SSSR count). The van der Waals surface area contributed by atoms with E-state index >= 15 is 0 Å². The Balaban J connectivity index is 2.40. The zero-order valence-electron chi connectivity index (χ0n) is 10.6. The van der Waals surface area contributed by atoms with Crippen LogP contribution in [0.4, 0.5) is 0 Å². The molecule has 1 fully saturated rings. The molecule has 1 amide bonds. The maximum Gasteiger partial charge on any atom is 0.225 e. The van der Waals surface area contributed by atoms with E-state index in [4.69, 9.17) is 15.6 Å². The number of aliphatic hydroxyl groups is 1. The number of nitrogens with two attached hydrogens (primary N) is 1. The van der Waals surface area contributed by atoms with Gasteiger partial charge in [0.25, 0.3) is 0 Å². The molecular formula is C12H24N2O3. The van der Waals surface area contributed by atoms with Crippen molar-refractivity contribution in [2.75, 3.05) is 33.4 Å². The van der Waals surface area contributed by atoms with E-state index in [0.717, 1.165) is 32.4 Å². The van der Waals surface area contributed by atoms with Crippen molar-refractivity contribution in [1.82, 2.24) is 4.90 Å². The van der Waals surface area contributed by atoms with Crippen LogP contribution < -0.4 is 5.73 Å². The van der Waals surface area contributed by atoms with E-state index in [-0.39, 0.29) is 18.6 Å². The molecule has 0 aromatic rings. The molecule has 0 spiro atoms. The molecule has 0 radical (unpaired) electrons. The Morgan fingerprint density at radius 3 is 3.00 bits per heavy atom. The van der Waals surface area contributed by atoms with Gasteiger partial charge in [-0.1, -0.05) is 0 Å². The number of piperidine rings is 1. The number of hydrogen-bond acceptors (Lipinski definition) is 4.